The summed E-state index contributed by atoms with van der Waals surface area (Å²) in [5.74, 6) is 1.06. The van der Waals surface area contributed by atoms with Crippen molar-refractivity contribution in [3.8, 4) is 6.07 Å². The van der Waals surface area contributed by atoms with Crippen LogP contribution in [0.25, 0.3) is 10.9 Å². The zero-order chi connectivity index (χ0) is 24.1. The van der Waals surface area contributed by atoms with Crippen molar-refractivity contribution in [2.24, 2.45) is 11.3 Å². The van der Waals surface area contributed by atoms with Crippen molar-refractivity contribution >= 4 is 40.2 Å². The monoisotopic (exact) mass is 458 g/mol. The molecule has 174 valence electrons. The molecule has 0 unspecified atom stereocenters. The third-order valence-electron chi connectivity index (χ3n) is 6.31. The van der Waals surface area contributed by atoms with Gasteiger partial charge in [0.15, 0.2) is 0 Å². The Hall–Kier alpha value is -3.93. The number of nitriles is 1. The van der Waals surface area contributed by atoms with Crippen LogP contribution in [0.4, 0.5) is 22.1 Å². The Morgan fingerprint density at radius 3 is 2.71 bits per heavy atom. The molecule has 5 rings (SSSR count). The maximum absolute atomic E-state index is 13.1. The number of nitrogens with one attached hydrogen (secondary N) is 1. The Morgan fingerprint density at radius 2 is 2.00 bits per heavy atom. The van der Waals surface area contributed by atoms with Crippen molar-refractivity contribution in [3.63, 3.8) is 0 Å². The molecule has 0 aromatic carbocycles. The van der Waals surface area contributed by atoms with Gasteiger partial charge in [0.25, 0.3) is 0 Å². The number of carbonyl (C=O) groups is 2. The van der Waals surface area contributed by atoms with Gasteiger partial charge < -0.3 is 15.0 Å². The summed E-state index contributed by atoms with van der Waals surface area (Å²) in [4.78, 5) is 36.2. The second-order valence-electron chi connectivity index (χ2n) is 9.88. The number of nitrogens with zero attached hydrogens (tertiary/aromatic N) is 5. The Bertz CT molecular complexity index is 1330. The molecule has 3 aromatic heterocycles. The van der Waals surface area contributed by atoms with Gasteiger partial charge in [-0.1, -0.05) is 0 Å². The van der Waals surface area contributed by atoms with Crippen molar-refractivity contribution in [1.82, 2.24) is 14.5 Å². The lowest BCUT2D eigenvalue weighted by atomic mass is 9.83. The third-order valence-corrected chi connectivity index (χ3v) is 6.31. The summed E-state index contributed by atoms with van der Waals surface area (Å²) in [6, 6.07) is 9.41. The van der Waals surface area contributed by atoms with Gasteiger partial charge in [0.2, 0.25) is 5.91 Å². The van der Waals surface area contributed by atoms with Gasteiger partial charge in [-0.3, -0.25) is 9.36 Å². The van der Waals surface area contributed by atoms with Gasteiger partial charge in [-0.2, -0.15) is 5.26 Å². The van der Waals surface area contributed by atoms with Crippen LogP contribution in [0.2, 0.25) is 0 Å². The number of hydrogen-bond donors (Lipinski definition) is 1. The Balaban J connectivity index is 1.38. The van der Waals surface area contributed by atoms with E-state index in [1.54, 1.807) is 47.8 Å². The molecule has 9 nitrogen and oxygen atoms in total. The van der Waals surface area contributed by atoms with Gasteiger partial charge >= 0.3 is 6.09 Å². The molecule has 1 N–H and O–H groups in total. The van der Waals surface area contributed by atoms with Gasteiger partial charge in [-0.15, -0.1) is 0 Å². The standard InChI is InChI=1S/C25H26N6O3/c1-24(2,3)34-23(33)31-10-7-16-14-28-21(13-19(16)31)29-20-12-18(6-9-27-20)30-11-8-25(15-26,22(30)32)17-4-5-17/h6-7,9-10,12-14,17H,4-5,8,11H2,1-3H3,(H,27,28,29)/t25-/m1/s1. The van der Waals surface area contributed by atoms with Crippen LogP contribution in [0.1, 0.15) is 40.0 Å². The topological polar surface area (TPSA) is 113 Å². The molecule has 3 aromatic rings. The average Bonchev–Trinajstić information content (AvgIpc) is 3.46. The minimum atomic E-state index is -0.892. The zero-order valence-corrected chi connectivity index (χ0v) is 19.4. The van der Waals surface area contributed by atoms with E-state index in [9.17, 15) is 14.9 Å². The molecule has 1 aliphatic heterocycles. The maximum atomic E-state index is 13.1. The molecule has 0 radical (unpaired) electrons. The molecule has 1 saturated heterocycles. The number of rotatable bonds is 4. The molecule has 1 atom stereocenters. The molecule has 0 bridgehead atoms. The first kappa shape index (κ1) is 21.9. The molecule has 1 amide bonds. The fraction of sp³-hybridized carbons (Fsp3) is 0.400. The summed E-state index contributed by atoms with van der Waals surface area (Å²) in [6.45, 7) is 5.97. The number of hydrogen-bond acceptors (Lipinski definition) is 7. The van der Waals surface area contributed by atoms with Gasteiger partial charge in [-0.05, 0) is 58.1 Å². The van der Waals surface area contributed by atoms with E-state index in [0.717, 1.165) is 18.2 Å². The summed E-state index contributed by atoms with van der Waals surface area (Å²) >= 11 is 0. The number of carbonyl (C=O) groups excluding carboxylic acids is 2. The third kappa shape index (κ3) is 3.85. The Labute approximate surface area is 197 Å². The van der Waals surface area contributed by atoms with Crippen LogP contribution < -0.4 is 10.2 Å². The predicted molar refractivity (Wildman–Crippen MR) is 127 cm³/mol. The normalized spacial score (nSPS) is 20.4. The van der Waals surface area contributed by atoms with Crippen LogP contribution >= 0.6 is 0 Å². The van der Waals surface area contributed by atoms with E-state index in [-0.39, 0.29) is 11.8 Å². The first-order valence-electron chi connectivity index (χ1n) is 11.4. The highest BCUT2D eigenvalue weighted by molar-refractivity contribution is 6.02. The Morgan fingerprint density at radius 1 is 1.24 bits per heavy atom. The number of aromatic nitrogens is 3. The minimum absolute atomic E-state index is 0.121. The van der Waals surface area contributed by atoms with E-state index in [1.807, 2.05) is 20.8 Å². The summed E-state index contributed by atoms with van der Waals surface area (Å²) < 4.78 is 6.93. The summed E-state index contributed by atoms with van der Waals surface area (Å²) in [5.41, 5.74) is -0.155. The largest absolute Gasteiger partial charge is 0.443 e. The quantitative estimate of drug-likeness (QED) is 0.607. The van der Waals surface area contributed by atoms with Crippen LogP contribution in [-0.4, -0.2) is 38.7 Å². The first-order chi connectivity index (χ1) is 16.2. The van der Waals surface area contributed by atoms with Gasteiger partial charge in [0.1, 0.15) is 22.7 Å². The van der Waals surface area contributed by atoms with E-state index in [1.165, 1.54) is 4.57 Å². The summed E-state index contributed by atoms with van der Waals surface area (Å²) in [5, 5.41) is 13.7. The molecule has 9 heteroatoms. The fourth-order valence-corrected chi connectivity index (χ4v) is 4.49. The molecule has 34 heavy (non-hydrogen) atoms. The smallest absolute Gasteiger partial charge is 0.418 e. The van der Waals surface area contributed by atoms with Crippen molar-refractivity contribution in [3.05, 3.63) is 42.9 Å². The molecule has 0 spiro atoms. The number of amides is 1. The molecule has 1 saturated carbocycles. The number of fused-ring (bicyclic) bond motifs is 1. The maximum Gasteiger partial charge on any atom is 0.418 e. The van der Waals surface area contributed by atoms with Crippen LogP contribution in [0.5, 0.6) is 0 Å². The molecular formula is C25H26N6O3. The molecule has 1 aliphatic carbocycles. The number of ether oxygens (including phenoxy) is 1. The van der Waals surface area contributed by atoms with Gasteiger partial charge in [-0.25, -0.2) is 14.8 Å². The van der Waals surface area contributed by atoms with E-state index < -0.39 is 17.1 Å². The average molecular weight is 459 g/mol. The minimum Gasteiger partial charge on any atom is -0.443 e. The summed E-state index contributed by atoms with van der Waals surface area (Å²) in [7, 11) is 0. The second-order valence-corrected chi connectivity index (χ2v) is 9.88. The van der Waals surface area contributed by atoms with Crippen LogP contribution in [0, 0.1) is 22.7 Å². The Kier molecular flexibility index (Phi) is 5.04. The lowest BCUT2D eigenvalue weighted by Crippen LogP contribution is -2.35. The lowest BCUT2D eigenvalue weighted by Gasteiger charge is -2.21. The fourth-order valence-electron chi connectivity index (χ4n) is 4.49. The van der Waals surface area contributed by atoms with E-state index in [0.29, 0.717) is 35.8 Å². The van der Waals surface area contributed by atoms with E-state index in [4.69, 9.17) is 4.74 Å². The molecule has 2 aliphatic rings. The highest BCUT2D eigenvalue weighted by Crippen LogP contribution is 2.51. The van der Waals surface area contributed by atoms with Crippen LogP contribution in [-0.2, 0) is 9.53 Å². The van der Waals surface area contributed by atoms with Gasteiger partial charge in [0.05, 0.1) is 11.6 Å². The molecular weight excluding hydrogens is 432 g/mol. The van der Waals surface area contributed by atoms with Crippen molar-refractivity contribution < 1.29 is 14.3 Å². The zero-order valence-electron chi connectivity index (χ0n) is 19.4. The van der Waals surface area contributed by atoms with E-state index in [2.05, 4.69) is 21.4 Å². The lowest BCUT2D eigenvalue weighted by molar-refractivity contribution is -0.123. The van der Waals surface area contributed by atoms with E-state index >= 15 is 0 Å². The highest BCUT2D eigenvalue weighted by Gasteiger charge is 2.56. The predicted octanol–water partition coefficient (Wildman–Crippen LogP) is 4.61. The first-order valence-corrected chi connectivity index (χ1v) is 11.4. The van der Waals surface area contributed by atoms with Crippen LogP contribution in [0.3, 0.4) is 0 Å². The highest BCUT2D eigenvalue weighted by atomic mass is 16.6. The van der Waals surface area contributed by atoms with Crippen molar-refractivity contribution in [2.75, 3.05) is 16.8 Å². The SMILES string of the molecule is CC(C)(C)OC(=O)n1ccc2cnc(Nc3cc(N4CC[C@@](C#N)(C5CC5)C4=O)ccn3)cc21. The number of pyridine rings is 2. The second kappa shape index (κ2) is 7.83. The number of anilines is 3. The summed E-state index contributed by atoms with van der Waals surface area (Å²) in [6.07, 6.45) is 6.91. The van der Waals surface area contributed by atoms with Crippen molar-refractivity contribution in [2.45, 2.75) is 45.6 Å². The van der Waals surface area contributed by atoms with Crippen molar-refractivity contribution in [1.29, 1.82) is 5.26 Å². The van der Waals surface area contributed by atoms with Crippen LogP contribution in [0.15, 0.2) is 42.9 Å². The molecule has 4 heterocycles. The molecule has 2 fully saturated rings. The van der Waals surface area contributed by atoms with Gasteiger partial charge in [0, 0.05) is 48.3 Å².